The molecular formula is C7H10BrN3. The molecule has 1 rings (SSSR count). The van der Waals surface area contributed by atoms with Gasteiger partial charge in [-0.3, -0.25) is 0 Å². The van der Waals surface area contributed by atoms with Gasteiger partial charge in [-0.05, 0) is 29.8 Å². The van der Waals surface area contributed by atoms with Crippen molar-refractivity contribution in [3.8, 4) is 0 Å². The summed E-state index contributed by atoms with van der Waals surface area (Å²) < 4.78 is 0.820. The van der Waals surface area contributed by atoms with Crippen LogP contribution < -0.4 is 5.32 Å². The Balaban J connectivity index is 2.89. The molecule has 1 aromatic rings. The number of nitrogens with zero attached hydrogens (tertiary/aromatic N) is 2. The molecule has 1 aromatic heterocycles. The number of anilines is 1. The second-order valence-electron chi connectivity index (χ2n) is 2.15. The summed E-state index contributed by atoms with van der Waals surface area (Å²) in [5.41, 5.74) is 0. The molecular weight excluding hydrogens is 206 g/mol. The topological polar surface area (TPSA) is 37.8 Å². The van der Waals surface area contributed by atoms with Crippen molar-refractivity contribution in [2.75, 3.05) is 11.9 Å². The van der Waals surface area contributed by atoms with E-state index >= 15 is 0 Å². The van der Waals surface area contributed by atoms with Gasteiger partial charge in [-0.2, -0.15) is 0 Å². The molecule has 0 aromatic carbocycles. The van der Waals surface area contributed by atoms with Crippen LogP contribution in [0.5, 0.6) is 0 Å². The second-order valence-corrected chi connectivity index (χ2v) is 2.97. The molecule has 1 N–H and O–H groups in total. The highest BCUT2D eigenvalue weighted by Gasteiger charge is 1.96. The first kappa shape index (κ1) is 8.46. The highest BCUT2D eigenvalue weighted by Crippen LogP contribution is 2.11. The van der Waals surface area contributed by atoms with Crippen molar-refractivity contribution < 1.29 is 0 Å². The number of hydrogen-bond acceptors (Lipinski definition) is 3. The van der Waals surface area contributed by atoms with Crippen molar-refractivity contribution >= 4 is 21.7 Å². The number of aromatic nitrogens is 2. The predicted octanol–water partition coefficient (Wildman–Crippen LogP) is 1.98. The van der Waals surface area contributed by atoms with Gasteiger partial charge in [-0.1, -0.05) is 0 Å². The molecule has 0 amide bonds. The van der Waals surface area contributed by atoms with E-state index in [2.05, 4.69) is 31.2 Å². The van der Waals surface area contributed by atoms with Crippen molar-refractivity contribution in [3.05, 3.63) is 16.5 Å². The lowest BCUT2D eigenvalue weighted by Gasteiger charge is -2.02. The number of halogens is 1. The van der Waals surface area contributed by atoms with Crippen LogP contribution in [0, 0.1) is 6.92 Å². The van der Waals surface area contributed by atoms with E-state index < -0.39 is 0 Å². The minimum atomic E-state index is 0.773. The molecule has 0 unspecified atom stereocenters. The van der Waals surface area contributed by atoms with Crippen molar-refractivity contribution in [1.29, 1.82) is 0 Å². The minimum absolute atomic E-state index is 0.773. The van der Waals surface area contributed by atoms with E-state index in [1.54, 1.807) is 0 Å². The van der Waals surface area contributed by atoms with E-state index in [-0.39, 0.29) is 0 Å². The van der Waals surface area contributed by atoms with Gasteiger partial charge in [-0.25, -0.2) is 9.97 Å². The number of rotatable bonds is 2. The molecule has 3 nitrogen and oxygen atoms in total. The first-order chi connectivity index (χ1) is 5.22. The molecule has 0 aliphatic carbocycles. The van der Waals surface area contributed by atoms with E-state index in [0.717, 1.165) is 22.8 Å². The molecule has 1 heterocycles. The van der Waals surface area contributed by atoms with E-state index in [1.165, 1.54) is 0 Å². The van der Waals surface area contributed by atoms with Crippen LogP contribution in [0.15, 0.2) is 10.7 Å². The Hall–Kier alpha value is -0.640. The normalized spacial score (nSPS) is 9.73. The SMILES string of the molecule is CCNc1cc(Br)nc(C)n1. The highest BCUT2D eigenvalue weighted by molar-refractivity contribution is 9.10. The Morgan fingerprint density at radius 3 is 2.82 bits per heavy atom. The van der Waals surface area contributed by atoms with E-state index in [4.69, 9.17) is 0 Å². The van der Waals surface area contributed by atoms with Gasteiger partial charge in [0.1, 0.15) is 16.2 Å². The molecule has 0 aliphatic heterocycles. The highest BCUT2D eigenvalue weighted by atomic mass is 79.9. The van der Waals surface area contributed by atoms with Crippen molar-refractivity contribution in [1.82, 2.24) is 9.97 Å². The maximum atomic E-state index is 4.17. The van der Waals surface area contributed by atoms with Crippen LogP contribution in [-0.4, -0.2) is 16.5 Å². The Kier molecular flexibility index (Phi) is 2.82. The first-order valence-corrected chi connectivity index (χ1v) is 4.26. The average molecular weight is 216 g/mol. The summed E-state index contributed by atoms with van der Waals surface area (Å²) in [7, 11) is 0. The van der Waals surface area contributed by atoms with E-state index in [9.17, 15) is 0 Å². The number of aryl methyl sites for hydroxylation is 1. The Bertz CT molecular complexity index is 229. The molecule has 0 saturated heterocycles. The smallest absolute Gasteiger partial charge is 0.130 e. The lowest BCUT2D eigenvalue weighted by molar-refractivity contribution is 1.02. The maximum Gasteiger partial charge on any atom is 0.130 e. The molecule has 0 atom stereocenters. The van der Waals surface area contributed by atoms with Gasteiger partial charge in [-0.15, -0.1) is 0 Å². The summed E-state index contributed by atoms with van der Waals surface area (Å²) >= 11 is 3.29. The molecule has 11 heavy (non-hydrogen) atoms. The quantitative estimate of drug-likeness (QED) is 0.768. The summed E-state index contributed by atoms with van der Waals surface area (Å²) in [5.74, 6) is 1.64. The van der Waals surface area contributed by atoms with Crippen LogP contribution in [0.2, 0.25) is 0 Å². The molecule has 0 bridgehead atoms. The van der Waals surface area contributed by atoms with E-state index in [1.807, 2.05) is 19.9 Å². The van der Waals surface area contributed by atoms with Gasteiger partial charge < -0.3 is 5.32 Å². The summed E-state index contributed by atoms with van der Waals surface area (Å²) in [4.78, 5) is 8.25. The van der Waals surface area contributed by atoms with Crippen LogP contribution in [0.3, 0.4) is 0 Å². The summed E-state index contributed by atoms with van der Waals surface area (Å²) in [6.45, 7) is 4.78. The maximum absolute atomic E-state index is 4.17. The van der Waals surface area contributed by atoms with Crippen molar-refractivity contribution in [2.45, 2.75) is 13.8 Å². The fourth-order valence-electron chi connectivity index (χ4n) is 0.803. The monoisotopic (exact) mass is 215 g/mol. The van der Waals surface area contributed by atoms with Gasteiger partial charge in [0.05, 0.1) is 0 Å². The minimum Gasteiger partial charge on any atom is -0.370 e. The Morgan fingerprint density at radius 2 is 2.27 bits per heavy atom. The number of nitrogens with one attached hydrogen (secondary N) is 1. The first-order valence-electron chi connectivity index (χ1n) is 3.47. The van der Waals surface area contributed by atoms with Gasteiger partial charge in [0, 0.05) is 12.6 Å². The fourth-order valence-corrected chi connectivity index (χ4v) is 1.28. The third-order valence-corrected chi connectivity index (χ3v) is 1.57. The molecule has 60 valence electrons. The van der Waals surface area contributed by atoms with Gasteiger partial charge in [0.2, 0.25) is 0 Å². The molecule has 0 aliphatic rings. The lowest BCUT2D eigenvalue weighted by Crippen LogP contribution is -2.01. The van der Waals surface area contributed by atoms with Crippen molar-refractivity contribution in [2.24, 2.45) is 0 Å². The molecule has 0 fully saturated rings. The zero-order valence-electron chi connectivity index (χ0n) is 6.56. The lowest BCUT2D eigenvalue weighted by atomic mass is 10.5. The summed E-state index contributed by atoms with van der Waals surface area (Å²) in [6.07, 6.45) is 0. The van der Waals surface area contributed by atoms with E-state index in [0.29, 0.717) is 0 Å². The largest absolute Gasteiger partial charge is 0.370 e. The van der Waals surface area contributed by atoms with Gasteiger partial charge >= 0.3 is 0 Å². The van der Waals surface area contributed by atoms with Crippen molar-refractivity contribution in [3.63, 3.8) is 0 Å². The van der Waals surface area contributed by atoms with Crippen LogP contribution in [-0.2, 0) is 0 Å². The molecule has 0 spiro atoms. The average Bonchev–Trinajstić information content (AvgIpc) is 1.85. The van der Waals surface area contributed by atoms with Crippen LogP contribution in [0.1, 0.15) is 12.7 Å². The second kappa shape index (κ2) is 3.67. The molecule has 4 heteroatoms. The third-order valence-electron chi connectivity index (χ3n) is 1.16. The number of hydrogen-bond donors (Lipinski definition) is 1. The summed E-state index contributed by atoms with van der Waals surface area (Å²) in [6, 6.07) is 1.86. The van der Waals surface area contributed by atoms with Crippen LogP contribution >= 0.6 is 15.9 Å². The molecule has 0 saturated carbocycles. The summed E-state index contributed by atoms with van der Waals surface area (Å²) in [5, 5.41) is 3.11. The van der Waals surface area contributed by atoms with Crippen LogP contribution in [0.25, 0.3) is 0 Å². The fraction of sp³-hybridized carbons (Fsp3) is 0.429. The zero-order valence-corrected chi connectivity index (χ0v) is 8.14. The van der Waals surface area contributed by atoms with Gasteiger partial charge in [0.15, 0.2) is 0 Å². The van der Waals surface area contributed by atoms with Crippen LogP contribution in [0.4, 0.5) is 5.82 Å². The van der Waals surface area contributed by atoms with Gasteiger partial charge in [0.25, 0.3) is 0 Å². The Morgan fingerprint density at radius 1 is 1.55 bits per heavy atom. The zero-order chi connectivity index (χ0) is 8.27. The molecule has 0 radical (unpaired) electrons. The third kappa shape index (κ3) is 2.46. The Labute approximate surface area is 74.4 Å². The standard InChI is InChI=1S/C7H10BrN3/c1-3-9-7-4-6(8)10-5(2)11-7/h4H,3H2,1-2H3,(H,9,10,11). The predicted molar refractivity (Wildman–Crippen MR) is 48.6 cm³/mol.